The third-order valence-corrected chi connectivity index (χ3v) is 3.34. The molecular weight excluding hydrogens is 250 g/mol. The molecule has 0 fully saturated rings. The number of pyridine rings is 1. The number of rotatable bonds is 7. The molecule has 0 saturated carbocycles. The highest BCUT2D eigenvalue weighted by Crippen LogP contribution is 2.04. The number of carbonyl (C=O) groups excluding carboxylic acids is 1. The van der Waals surface area contributed by atoms with Gasteiger partial charge in [-0.1, -0.05) is 0 Å². The summed E-state index contributed by atoms with van der Waals surface area (Å²) in [5.74, 6) is 1.38. The lowest BCUT2D eigenvalue weighted by atomic mass is 10.4. The molecule has 18 heavy (non-hydrogen) atoms. The molecule has 0 spiro atoms. The summed E-state index contributed by atoms with van der Waals surface area (Å²) < 4.78 is 1.60. The maximum absolute atomic E-state index is 11.5. The van der Waals surface area contributed by atoms with Crippen molar-refractivity contribution in [2.75, 3.05) is 23.8 Å². The number of aryl methyl sites for hydroxylation is 1. The van der Waals surface area contributed by atoms with Gasteiger partial charge in [0.15, 0.2) is 0 Å². The minimum absolute atomic E-state index is 0.0436. The van der Waals surface area contributed by atoms with Crippen LogP contribution in [0.15, 0.2) is 23.1 Å². The van der Waals surface area contributed by atoms with E-state index in [1.54, 1.807) is 28.6 Å². The minimum Gasteiger partial charge on any atom is -0.398 e. The molecule has 1 rings (SSSR count). The summed E-state index contributed by atoms with van der Waals surface area (Å²) in [6.07, 6.45) is 2.49. The Morgan fingerprint density at radius 2 is 2.28 bits per heavy atom. The Balaban J connectivity index is 2.24. The molecule has 0 unspecified atom stereocenters. The number of carbonyl (C=O) groups is 1. The first-order chi connectivity index (χ1) is 8.63. The van der Waals surface area contributed by atoms with Crippen LogP contribution in [0, 0.1) is 0 Å². The lowest BCUT2D eigenvalue weighted by Crippen LogP contribution is -2.24. The van der Waals surface area contributed by atoms with Crippen LogP contribution in [-0.4, -0.2) is 28.5 Å². The number of nitrogens with zero attached hydrogens (tertiary/aromatic N) is 1. The standard InChI is InChI=1S/C12H19N3O2S/c1-2-14-11(16)9-18-7-3-6-15-8-10(13)4-5-12(15)17/h4-5,8H,2-3,6-7,9,13H2,1H3,(H,14,16). The Kier molecular flexibility index (Phi) is 6.35. The van der Waals surface area contributed by atoms with Crippen LogP contribution in [0.1, 0.15) is 13.3 Å². The molecule has 1 heterocycles. The first-order valence-electron chi connectivity index (χ1n) is 5.94. The van der Waals surface area contributed by atoms with Gasteiger partial charge in [0.25, 0.3) is 5.56 Å². The van der Waals surface area contributed by atoms with Crippen LogP contribution in [0.4, 0.5) is 5.69 Å². The maximum Gasteiger partial charge on any atom is 0.250 e. The average molecular weight is 269 g/mol. The van der Waals surface area contributed by atoms with Gasteiger partial charge >= 0.3 is 0 Å². The molecular formula is C12H19N3O2S. The zero-order chi connectivity index (χ0) is 13.4. The second-order valence-electron chi connectivity index (χ2n) is 3.85. The number of hydrogen-bond acceptors (Lipinski definition) is 4. The number of nitrogens with one attached hydrogen (secondary N) is 1. The highest BCUT2D eigenvalue weighted by Gasteiger charge is 2.00. The second-order valence-corrected chi connectivity index (χ2v) is 4.96. The van der Waals surface area contributed by atoms with E-state index in [9.17, 15) is 9.59 Å². The molecule has 0 aliphatic carbocycles. The molecule has 0 atom stereocenters. The molecule has 3 N–H and O–H groups in total. The van der Waals surface area contributed by atoms with Crippen molar-refractivity contribution in [1.82, 2.24) is 9.88 Å². The van der Waals surface area contributed by atoms with Gasteiger partial charge in [-0.3, -0.25) is 9.59 Å². The molecule has 1 aromatic heterocycles. The lowest BCUT2D eigenvalue weighted by molar-refractivity contribution is -0.118. The number of hydrogen-bond donors (Lipinski definition) is 2. The van der Waals surface area contributed by atoms with Crippen molar-refractivity contribution in [3.8, 4) is 0 Å². The van der Waals surface area contributed by atoms with E-state index >= 15 is 0 Å². The number of thioether (sulfide) groups is 1. The van der Waals surface area contributed by atoms with Gasteiger partial charge in [0.05, 0.1) is 5.75 Å². The van der Waals surface area contributed by atoms with Crippen LogP contribution >= 0.6 is 11.8 Å². The molecule has 1 amide bonds. The van der Waals surface area contributed by atoms with Crippen LogP contribution in [0.5, 0.6) is 0 Å². The summed E-state index contributed by atoms with van der Waals surface area (Å²) in [6, 6.07) is 3.07. The number of nitrogen functional groups attached to an aromatic ring is 1. The maximum atomic E-state index is 11.5. The van der Waals surface area contributed by atoms with Crippen molar-refractivity contribution in [2.24, 2.45) is 0 Å². The SMILES string of the molecule is CCNC(=O)CSCCCn1cc(N)ccc1=O. The molecule has 1 aromatic rings. The third-order valence-electron chi connectivity index (χ3n) is 2.30. The second kappa shape index (κ2) is 7.81. The van der Waals surface area contributed by atoms with Gasteiger partial charge in [-0.15, -0.1) is 0 Å². The van der Waals surface area contributed by atoms with Crippen molar-refractivity contribution in [3.63, 3.8) is 0 Å². The number of amides is 1. The van der Waals surface area contributed by atoms with E-state index in [1.165, 1.54) is 6.07 Å². The van der Waals surface area contributed by atoms with Gasteiger partial charge in [-0.25, -0.2) is 0 Å². The zero-order valence-electron chi connectivity index (χ0n) is 10.5. The van der Waals surface area contributed by atoms with E-state index in [1.807, 2.05) is 6.92 Å². The van der Waals surface area contributed by atoms with Crippen molar-refractivity contribution < 1.29 is 4.79 Å². The largest absolute Gasteiger partial charge is 0.398 e. The molecule has 0 aliphatic heterocycles. The fourth-order valence-corrected chi connectivity index (χ4v) is 2.24. The van der Waals surface area contributed by atoms with Gasteiger partial charge < -0.3 is 15.6 Å². The van der Waals surface area contributed by atoms with Crippen molar-refractivity contribution >= 4 is 23.4 Å². The molecule has 0 aliphatic rings. The number of anilines is 1. The highest BCUT2D eigenvalue weighted by atomic mass is 32.2. The van der Waals surface area contributed by atoms with Gasteiger partial charge in [0.1, 0.15) is 0 Å². The number of aromatic nitrogens is 1. The fraction of sp³-hybridized carbons (Fsp3) is 0.500. The highest BCUT2D eigenvalue weighted by molar-refractivity contribution is 7.99. The van der Waals surface area contributed by atoms with Crippen LogP contribution in [-0.2, 0) is 11.3 Å². The molecule has 0 radical (unpaired) electrons. The van der Waals surface area contributed by atoms with Gasteiger partial charge in [0.2, 0.25) is 5.91 Å². The summed E-state index contributed by atoms with van der Waals surface area (Å²) in [4.78, 5) is 22.6. The summed E-state index contributed by atoms with van der Waals surface area (Å²) >= 11 is 1.57. The van der Waals surface area contributed by atoms with E-state index in [-0.39, 0.29) is 11.5 Å². The summed E-state index contributed by atoms with van der Waals surface area (Å²) in [7, 11) is 0. The van der Waals surface area contributed by atoms with Crippen LogP contribution in [0.25, 0.3) is 0 Å². The van der Waals surface area contributed by atoms with Gasteiger partial charge in [-0.2, -0.15) is 11.8 Å². The van der Waals surface area contributed by atoms with E-state index in [2.05, 4.69) is 5.32 Å². The topological polar surface area (TPSA) is 77.1 Å². The Hall–Kier alpha value is -1.43. The smallest absolute Gasteiger partial charge is 0.250 e. The Morgan fingerprint density at radius 1 is 1.50 bits per heavy atom. The van der Waals surface area contributed by atoms with E-state index in [0.29, 0.717) is 24.5 Å². The van der Waals surface area contributed by atoms with Crippen molar-refractivity contribution in [2.45, 2.75) is 19.9 Å². The lowest BCUT2D eigenvalue weighted by Gasteiger charge is -2.06. The van der Waals surface area contributed by atoms with Gasteiger partial charge in [-0.05, 0) is 25.2 Å². The van der Waals surface area contributed by atoms with Crippen LogP contribution in [0.3, 0.4) is 0 Å². The summed E-state index contributed by atoms with van der Waals surface area (Å²) in [5, 5.41) is 2.74. The van der Waals surface area contributed by atoms with E-state index in [0.717, 1.165) is 12.2 Å². The molecule has 0 saturated heterocycles. The van der Waals surface area contributed by atoms with Crippen molar-refractivity contribution in [3.05, 3.63) is 28.7 Å². The Bertz CT molecular complexity index is 445. The molecule has 0 aromatic carbocycles. The zero-order valence-corrected chi connectivity index (χ0v) is 11.3. The van der Waals surface area contributed by atoms with Gasteiger partial charge in [0, 0.05) is 31.0 Å². The Labute approximate surface area is 111 Å². The minimum atomic E-state index is -0.0436. The first-order valence-corrected chi connectivity index (χ1v) is 7.09. The summed E-state index contributed by atoms with van der Waals surface area (Å²) in [6.45, 7) is 3.19. The predicted octanol–water partition coefficient (Wildman–Crippen LogP) is 0.690. The normalized spacial score (nSPS) is 10.3. The monoisotopic (exact) mass is 269 g/mol. The Morgan fingerprint density at radius 3 is 3.00 bits per heavy atom. The molecule has 5 nitrogen and oxygen atoms in total. The molecule has 0 bridgehead atoms. The van der Waals surface area contributed by atoms with E-state index in [4.69, 9.17) is 5.73 Å². The first kappa shape index (κ1) is 14.6. The van der Waals surface area contributed by atoms with Crippen LogP contribution < -0.4 is 16.6 Å². The number of nitrogens with two attached hydrogens (primary N) is 1. The average Bonchev–Trinajstić information content (AvgIpc) is 2.33. The third kappa shape index (κ3) is 5.27. The van der Waals surface area contributed by atoms with Crippen molar-refractivity contribution in [1.29, 1.82) is 0 Å². The van der Waals surface area contributed by atoms with E-state index < -0.39 is 0 Å². The van der Waals surface area contributed by atoms with Crippen LogP contribution in [0.2, 0.25) is 0 Å². The summed E-state index contributed by atoms with van der Waals surface area (Å²) in [5.41, 5.74) is 6.16. The fourth-order valence-electron chi connectivity index (χ4n) is 1.47. The molecule has 6 heteroatoms. The molecule has 100 valence electrons. The quantitative estimate of drug-likeness (QED) is 0.714. The predicted molar refractivity (Wildman–Crippen MR) is 75.7 cm³/mol.